The van der Waals surface area contributed by atoms with Crippen molar-refractivity contribution in [3.05, 3.63) is 70.7 Å². The fourth-order valence-corrected chi connectivity index (χ4v) is 3.24. The second kappa shape index (κ2) is 9.72. The normalized spacial score (nSPS) is 17.8. The highest BCUT2D eigenvalue weighted by Crippen LogP contribution is 2.12. The van der Waals surface area contributed by atoms with Gasteiger partial charge >= 0.3 is 0 Å². The lowest BCUT2D eigenvalue weighted by atomic mass is 10.1. The van der Waals surface area contributed by atoms with Gasteiger partial charge in [-0.1, -0.05) is 54.1 Å². The predicted octanol–water partition coefficient (Wildman–Crippen LogP) is 3.29. The molecule has 4 nitrogen and oxygen atoms in total. The lowest BCUT2D eigenvalue weighted by molar-refractivity contribution is -0.138. The lowest BCUT2D eigenvalue weighted by Crippen LogP contribution is -2.49. The highest BCUT2D eigenvalue weighted by Gasteiger charge is 2.26. The van der Waals surface area contributed by atoms with Gasteiger partial charge in [0.1, 0.15) is 6.10 Å². The Labute approximate surface area is 160 Å². The summed E-state index contributed by atoms with van der Waals surface area (Å²) in [4.78, 5) is 14.6. The second-order valence-electron chi connectivity index (χ2n) is 6.60. The number of morpholine rings is 1. The summed E-state index contributed by atoms with van der Waals surface area (Å²) in [6.45, 7) is 3.59. The van der Waals surface area contributed by atoms with Crippen LogP contribution in [0.1, 0.15) is 17.5 Å². The molecule has 3 rings (SSSR count). The van der Waals surface area contributed by atoms with Crippen LogP contribution in [0.15, 0.2) is 54.6 Å². The number of carbonyl (C=O) groups is 1. The van der Waals surface area contributed by atoms with E-state index in [1.807, 2.05) is 42.5 Å². The van der Waals surface area contributed by atoms with Crippen molar-refractivity contribution < 1.29 is 9.53 Å². The molecule has 0 saturated carbocycles. The number of amides is 1. The molecule has 1 atom stereocenters. The summed E-state index contributed by atoms with van der Waals surface area (Å²) >= 11 is 5.89. The maximum Gasteiger partial charge on any atom is 0.250 e. The Morgan fingerprint density at radius 1 is 1.12 bits per heavy atom. The molecule has 1 saturated heterocycles. The van der Waals surface area contributed by atoms with Gasteiger partial charge in [0.25, 0.3) is 0 Å². The van der Waals surface area contributed by atoms with Gasteiger partial charge in [-0.25, -0.2) is 0 Å². The van der Waals surface area contributed by atoms with Crippen LogP contribution in [0.3, 0.4) is 0 Å². The summed E-state index contributed by atoms with van der Waals surface area (Å²) in [6.07, 6.45) is 1.43. The molecule has 1 N–H and O–H groups in total. The van der Waals surface area contributed by atoms with E-state index in [1.54, 1.807) is 0 Å². The summed E-state index contributed by atoms with van der Waals surface area (Å²) < 4.78 is 5.67. The molecular formula is C21H25ClN2O2. The molecular weight excluding hydrogens is 348 g/mol. The zero-order chi connectivity index (χ0) is 18.2. The molecule has 1 amide bonds. The van der Waals surface area contributed by atoms with Crippen LogP contribution in [0.5, 0.6) is 0 Å². The third-order valence-corrected chi connectivity index (χ3v) is 4.80. The van der Waals surface area contributed by atoms with Gasteiger partial charge in [-0.2, -0.15) is 0 Å². The van der Waals surface area contributed by atoms with Gasteiger partial charge in [-0.05, 0) is 36.1 Å². The van der Waals surface area contributed by atoms with Gasteiger partial charge in [-0.15, -0.1) is 0 Å². The first-order valence-corrected chi connectivity index (χ1v) is 9.48. The van der Waals surface area contributed by atoms with E-state index < -0.39 is 0 Å². The minimum Gasteiger partial charge on any atom is -0.366 e. The number of rotatable bonds is 7. The highest BCUT2D eigenvalue weighted by molar-refractivity contribution is 6.30. The minimum atomic E-state index is -0.386. The van der Waals surface area contributed by atoms with Gasteiger partial charge in [0.2, 0.25) is 5.91 Å². The number of nitrogens with zero attached hydrogens (tertiary/aromatic N) is 1. The topological polar surface area (TPSA) is 41.6 Å². The third-order valence-electron chi connectivity index (χ3n) is 4.55. The van der Waals surface area contributed by atoms with Crippen LogP contribution >= 0.6 is 11.6 Å². The maximum atomic E-state index is 12.4. The predicted molar refractivity (Wildman–Crippen MR) is 104 cm³/mol. The molecule has 1 aliphatic rings. The quantitative estimate of drug-likeness (QED) is 0.758. The van der Waals surface area contributed by atoms with Crippen LogP contribution in [-0.4, -0.2) is 43.2 Å². The van der Waals surface area contributed by atoms with Crippen LogP contribution in [0.25, 0.3) is 0 Å². The summed E-state index contributed by atoms with van der Waals surface area (Å²) in [5, 5.41) is 3.75. The molecule has 0 spiro atoms. The van der Waals surface area contributed by atoms with Gasteiger partial charge in [0, 0.05) is 31.2 Å². The first-order chi connectivity index (χ1) is 12.7. The van der Waals surface area contributed by atoms with Gasteiger partial charge in [0.15, 0.2) is 0 Å². The number of nitrogens with one attached hydrogen (secondary N) is 1. The van der Waals surface area contributed by atoms with Crippen molar-refractivity contribution in [2.75, 3.05) is 26.2 Å². The number of halogens is 1. The average Bonchev–Trinajstić information content (AvgIpc) is 2.67. The van der Waals surface area contributed by atoms with Crippen molar-refractivity contribution in [3.8, 4) is 0 Å². The van der Waals surface area contributed by atoms with Crippen molar-refractivity contribution in [2.45, 2.75) is 25.5 Å². The Bertz CT molecular complexity index is 691. The fraction of sp³-hybridized carbons (Fsp3) is 0.381. The zero-order valence-electron chi connectivity index (χ0n) is 14.9. The number of carbonyl (C=O) groups excluding carboxylic acids is 1. The molecule has 2 aromatic rings. The van der Waals surface area contributed by atoms with Crippen LogP contribution in [0.4, 0.5) is 0 Å². The van der Waals surface area contributed by atoms with Crippen LogP contribution in [0.2, 0.25) is 5.02 Å². The van der Waals surface area contributed by atoms with Crippen molar-refractivity contribution in [1.29, 1.82) is 0 Å². The molecule has 1 fully saturated rings. The molecule has 1 unspecified atom stereocenters. The lowest BCUT2D eigenvalue weighted by Gasteiger charge is -2.32. The largest absolute Gasteiger partial charge is 0.366 e. The van der Waals surface area contributed by atoms with Crippen LogP contribution < -0.4 is 5.32 Å². The van der Waals surface area contributed by atoms with Crippen molar-refractivity contribution in [3.63, 3.8) is 0 Å². The molecule has 1 heterocycles. The Balaban J connectivity index is 1.39. The Hall–Kier alpha value is -1.88. The second-order valence-corrected chi connectivity index (χ2v) is 7.04. The number of hydrogen-bond donors (Lipinski definition) is 1. The third kappa shape index (κ3) is 5.84. The smallest absolute Gasteiger partial charge is 0.250 e. The summed E-state index contributed by atoms with van der Waals surface area (Å²) in [5.74, 6) is -0.0149. The Morgan fingerprint density at radius 2 is 1.88 bits per heavy atom. The summed E-state index contributed by atoms with van der Waals surface area (Å²) in [7, 11) is 0. The Morgan fingerprint density at radius 3 is 2.65 bits per heavy atom. The van der Waals surface area contributed by atoms with Crippen molar-refractivity contribution >= 4 is 17.5 Å². The van der Waals surface area contributed by atoms with Crippen LogP contribution in [-0.2, 0) is 22.5 Å². The van der Waals surface area contributed by atoms with Crippen LogP contribution in [0, 0.1) is 0 Å². The zero-order valence-corrected chi connectivity index (χ0v) is 15.6. The number of hydrogen-bond acceptors (Lipinski definition) is 3. The van der Waals surface area contributed by atoms with E-state index in [-0.39, 0.29) is 12.0 Å². The monoisotopic (exact) mass is 372 g/mol. The van der Waals surface area contributed by atoms with E-state index >= 15 is 0 Å². The van der Waals surface area contributed by atoms with Crippen molar-refractivity contribution in [1.82, 2.24) is 10.2 Å². The highest BCUT2D eigenvalue weighted by atomic mass is 35.5. The molecule has 0 bridgehead atoms. The van der Waals surface area contributed by atoms with E-state index in [0.717, 1.165) is 31.0 Å². The van der Waals surface area contributed by atoms with Gasteiger partial charge in [0.05, 0.1) is 6.61 Å². The fourth-order valence-electron chi connectivity index (χ4n) is 3.12. The van der Waals surface area contributed by atoms with E-state index in [1.165, 1.54) is 11.1 Å². The SMILES string of the molecule is O=C(NCCCc1ccc(Cl)cc1)C1CN(Cc2ccccc2)CCO1. The molecule has 5 heteroatoms. The summed E-state index contributed by atoms with van der Waals surface area (Å²) in [5.41, 5.74) is 2.49. The maximum absolute atomic E-state index is 12.4. The average molecular weight is 373 g/mol. The molecule has 2 aromatic carbocycles. The standard InChI is InChI=1S/C21H25ClN2O2/c22-19-10-8-17(9-11-19)7-4-12-23-21(25)20-16-24(13-14-26-20)15-18-5-2-1-3-6-18/h1-3,5-6,8-11,20H,4,7,12-16H2,(H,23,25). The van der Waals surface area contributed by atoms with Gasteiger partial charge < -0.3 is 10.1 Å². The molecule has 26 heavy (non-hydrogen) atoms. The van der Waals surface area contributed by atoms with E-state index in [0.29, 0.717) is 19.7 Å². The number of benzene rings is 2. The number of ether oxygens (including phenoxy) is 1. The van der Waals surface area contributed by atoms with Crippen molar-refractivity contribution in [2.24, 2.45) is 0 Å². The Kier molecular flexibility index (Phi) is 7.06. The number of aryl methyl sites for hydroxylation is 1. The molecule has 1 aliphatic heterocycles. The molecule has 138 valence electrons. The molecule has 0 radical (unpaired) electrons. The molecule has 0 aromatic heterocycles. The van der Waals surface area contributed by atoms with E-state index in [2.05, 4.69) is 22.3 Å². The van der Waals surface area contributed by atoms with E-state index in [4.69, 9.17) is 16.3 Å². The van der Waals surface area contributed by atoms with E-state index in [9.17, 15) is 4.79 Å². The first kappa shape index (κ1) is 18.9. The first-order valence-electron chi connectivity index (χ1n) is 9.11. The van der Waals surface area contributed by atoms with Gasteiger partial charge in [-0.3, -0.25) is 9.69 Å². The molecule has 0 aliphatic carbocycles. The minimum absolute atomic E-state index is 0.0149. The summed E-state index contributed by atoms with van der Waals surface area (Å²) in [6, 6.07) is 18.2.